The molecule has 3 heterocycles. The minimum absolute atomic E-state index is 0.0798. The van der Waals surface area contributed by atoms with Crippen molar-refractivity contribution in [2.45, 2.75) is 19.8 Å². The molecule has 3 aromatic rings. The van der Waals surface area contributed by atoms with Gasteiger partial charge in [-0.1, -0.05) is 23.7 Å². The zero-order valence-electron chi connectivity index (χ0n) is 14.1. The molecule has 0 fully saturated rings. The molecule has 1 aliphatic rings. The van der Waals surface area contributed by atoms with Crippen molar-refractivity contribution in [3.8, 4) is 23.2 Å². The number of rotatable bonds is 2. The second kappa shape index (κ2) is 6.20. The number of hydrogen-bond acceptors (Lipinski definition) is 5. The summed E-state index contributed by atoms with van der Waals surface area (Å²) in [6.07, 6.45) is 0. The summed E-state index contributed by atoms with van der Waals surface area (Å²) in [5.41, 5.74) is 10.0. The number of thiophene rings is 1. The van der Waals surface area contributed by atoms with E-state index >= 15 is 0 Å². The standard InChI is InChI=1S/C19H15ClN4OS/c1-9-7-13(10(2)26-9)17-16-15(11-3-5-12(20)6-4-11)14(8-21)18(22)25-19(16)24-23-17/h3-7,15H,22H2,1-2H3,(H,23,24)/t15-/m1/s1. The van der Waals surface area contributed by atoms with Crippen LogP contribution >= 0.6 is 22.9 Å². The number of aryl methyl sites for hydroxylation is 2. The second-order valence-electron chi connectivity index (χ2n) is 6.12. The maximum absolute atomic E-state index is 9.71. The third-order valence-corrected chi connectivity index (χ3v) is 5.67. The zero-order valence-corrected chi connectivity index (χ0v) is 15.7. The predicted octanol–water partition coefficient (Wildman–Crippen LogP) is 4.63. The fraction of sp³-hybridized carbons (Fsp3) is 0.158. The van der Waals surface area contributed by atoms with E-state index in [2.05, 4.69) is 36.2 Å². The maximum atomic E-state index is 9.71. The van der Waals surface area contributed by atoms with E-state index in [0.717, 1.165) is 22.4 Å². The Labute approximate surface area is 159 Å². The van der Waals surface area contributed by atoms with Crippen LogP contribution in [0.25, 0.3) is 11.3 Å². The van der Waals surface area contributed by atoms with Gasteiger partial charge in [-0.25, -0.2) is 0 Å². The second-order valence-corrected chi connectivity index (χ2v) is 8.02. The summed E-state index contributed by atoms with van der Waals surface area (Å²) in [5.74, 6) is 0.116. The summed E-state index contributed by atoms with van der Waals surface area (Å²) in [4.78, 5) is 2.38. The molecule has 2 aromatic heterocycles. The van der Waals surface area contributed by atoms with Crippen LogP contribution < -0.4 is 10.5 Å². The third-order valence-electron chi connectivity index (χ3n) is 4.45. The lowest BCUT2D eigenvalue weighted by atomic mass is 9.83. The number of allylic oxidation sites excluding steroid dienone is 1. The summed E-state index contributed by atoms with van der Waals surface area (Å²) in [6.45, 7) is 4.13. The molecule has 130 valence electrons. The summed E-state index contributed by atoms with van der Waals surface area (Å²) in [6, 6.07) is 11.7. The number of nitrogens with one attached hydrogen (secondary N) is 1. The topological polar surface area (TPSA) is 87.7 Å². The van der Waals surface area contributed by atoms with E-state index in [-0.39, 0.29) is 11.8 Å². The molecule has 1 aliphatic heterocycles. The first-order chi connectivity index (χ1) is 12.5. The van der Waals surface area contributed by atoms with Crippen molar-refractivity contribution >= 4 is 22.9 Å². The van der Waals surface area contributed by atoms with E-state index in [1.165, 1.54) is 9.75 Å². The lowest BCUT2D eigenvalue weighted by Crippen LogP contribution is -2.20. The van der Waals surface area contributed by atoms with Gasteiger partial charge >= 0.3 is 0 Å². The largest absolute Gasteiger partial charge is 0.420 e. The van der Waals surface area contributed by atoms with Gasteiger partial charge in [0.15, 0.2) is 0 Å². The van der Waals surface area contributed by atoms with Gasteiger partial charge in [0.25, 0.3) is 0 Å². The predicted molar refractivity (Wildman–Crippen MR) is 102 cm³/mol. The van der Waals surface area contributed by atoms with Crippen LogP contribution in [0.5, 0.6) is 5.88 Å². The van der Waals surface area contributed by atoms with Gasteiger partial charge in [-0.2, -0.15) is 5.26 Å². The molecule has 0 saturated carbocycles. The van der Waals surface area contributed by atoms with Crippen molar-refractivity contribution in [1.29, 1.82) is 5.26 Å². The number of aromatic amines is 1. The van der Waals surface area contributed by atoms with Crippen LogP contribution in [0.2, 0.25) is 5.02 Å². The number of H-pyrrole nitrogens is 1. The van der Waals surface area contributed by atoms with E-state index in [4.69, 9.17) is 22.1 Å². The van der Waals surface area contributed by atoms with Crippen molar-refractivity contribution in [1.82, 2.24) is 10.2 Å². The highest BCUT2D eigenvalue weighted by molar-refractivity contribution is 7.12. The van der Waals surface area contributed by atoms with Crippen molar-refractivity contribution < 1.29 is 4.74 Å². The van der Waals surface area contributed by atoms with Crippen LogP contribution in [0.15, 0.2) is 41.8 Å². The fourth-order valence-electron chi connectivity index (χ4n) is 3.32. The van der Waals surface area contributed by atoms with Gasteiger partial charge in [-0.15, -0.1) is 16.4 Å². The first-order valence-electron chi connectivity index (χ1n) is 7.98. The minimum Gasteiger partial charge on any atom is -0.420 e. The van der Waals surface area contributed by atoms with Crippen LogP contribution in [0.1, 0.15) is 26.8 Å². The van der Waals surface area contributed by atoms with Crippen LogP contribution in [0.4, 0.5) is 0 Å². The number of fused-ring (bicyclic) bond motifs is 1. The Balaban J connectivity index is 1.97. The monoisotopic (exact) mass is 382 g/mol. The Morgan fingerprint density at radius 1 is 1.31 bits per heavy atom. The average molecular weight is 383 g/mol. The van der Waals surface area contributed by atoms with Crippen molar-refractivity contribution in [3.05, 3.63) is 67.7 Å². The minimum atomic E-state index is -0.366. The Morgan fingerprint density at radius 3 is 2.65 bits per heavy atom. The van der Waals surface area contributed by atoms with Crippen LogP contribution in [-0.4, -0.2) is 10.2 Å². The SMILES string of the molecule is Cc1cc(-c2[nH]nc3c2[C@H](c2ccc(Cl)cc2)C(C#N)=C(N)O3)c(C)s1. The molecule has 4 rings (SSSR count). The number of nitrogens with zero attached hydrogens (tertiary/aromatic N) is 2. The molecule has 7 heteroatoms. The number of nitriles is 1. The first-order valence-corrected chi connectivity index (χ1v) is 9.17. The summed E-state index contributed by atoms with van der Waals surface area (Å²) < 4.78 is 5.63. The van der Waals surface area contributed by atoms with E-state index in [1.54, 1.807) is 23.5 Å². The zero-order chi connectivity index (χ0) is 18.4. The smallest absolute Gasteiger partial charge is 0.244 e. The van der Waals surface area contributed by atoms with Gasteiger partial charge in [-0.3, -0.25) is 5.10 Å². The number of nitrogens with two attached hydrogens (primary N) is 1. The molecule has 3 N–H and O–H groups in total. The summed E-state index contributed by atoms with van der Waals surface area (Å²) >= 11 is 7.75. The van der Waals surface area contributed by atoms with Crippen LogP contribution in [0, 0.1) is 25.2 Å². The van der Waals surface area contributed by atoms with E-state index in [1.807, 2.05) is 12.1 Å². The Hall–Kier alpha value is -2.75. The molecule has 0 unspecified atom stereocenters. The van der Waals surface area contributed by atoms with Gasteiger partial charge in [0.2, 0.25) is 11.8 Å². The first kappa shape index (κ1) is 16.7. The molecule has 0 spiro atoms. The van der Waals surface area contributed by atoms with Crippen LogP contribution in [-0.2, 0) is 0 Å². The number of benzene rings is 1. The van der Waals surface area contributed by atoms with Gasteiger partial charge < -0.3 is 10.5 Å². The van der Waals surface area contributed by atoms with Crippen LogP contribution in [0.3, 0.4) is 0 Å². The number of halogens is 1. The number of ether oxygens (including phenoxy) is 1. The van der Waals surface area contributed by atoms with Crippen molar-refractivity contribution in [3.63, 3.8) is 0 Å². The highest BCUT2D eigenvalue weighted by Gasteiger charge is 2.36. The van der Waals surface area contributed by atoms with Gasteiger partial charge in [0.05, 0.1) is 17.2 Å². The van der Waals surface area contributed by atoms with E-state index in [0.29, 0.717) is 16.5 Å². The molecule has 0 amide bonds. The van der Waals surface area contributed by atoms with E-state index < -0.39 is 0 Å². The molecule has 1 aromatic carbocycles. The fourth-order valence-corrected chi connectivity index (χ4v) is 4.37. The molecule has 1 atom stereocenters. The lowest BCUT2D eigenvalue weighted by Gasteiger charge is -2.24. The number of aromatic nitrogens is 2. The van der Waals surface area contributed by atoms with Crippen molar-refractivity contribution in [2.75, 3.05) is 0 Å². The van der Waals surface area contributed by atoms with Gasteiger partial charge in [0.1, 0.15) is 11.6 Å². The molecular weight excluding hydrogens is 368 g/mol. The Morgan fingerprint density at radius 2 is 2.04 bits per heavy atom. The number of hydrogen-bond donors (Lipinski definition) is 2. The Bertz CT molecular complexity index is 1070. The molecule has 26 heavy (non-hydrogen) atoms. The average Bonchev–Trinajstić information content (AvgIpc) is 3.16. The molecular formula is C19H15ClN4OS. The highest BCUT2D eigenvalue weighted by atomic mass is 35.5. The van der Waals surface area contributed by atoms with Gasteiger partial charge in [-0.05, 0) is 37.6 Å². The molecule has 0 saturated heterocycles. The quantitative estimate of drug-likeness (QED) is 0.676. The van der Waals surface area contributed by atoms with Gasteiger partial charge in [0, 0.05) is 20.3 Å². The summed E-state index contributed by atoms with van der Waals surface area (Å²) in [7, 11) is 0. The summed E-state index contributed by atoms with van der Waals surface area (Å²) in [5, 5.41) is 17.7. The normalized spacial score (nSPS) is 16.2. The van der Waals surface area contributed by atoms with E-state index in [9.17, 15) is 5.26 Å². The molecule has 0 radical (unpaired) electrons. The molecule has 0 aliphatic carbocycles. The van der Waals surface area contributed by atoms with Crippen molar-refractivity contribution in [2.24, 2.45) is 5.73 Å². The lowest BCUT2D eigenvalue weighted by molar-refractivity contribution is 0.379. The highest BCUT2D eigenvalue weighted by Crippen LogP contribution is 2.47. The Kier molecular flexibility index (Phi) is 3.98. The molecule has 5 nitrogen and oxygen atoms in total. The third kappa shape index (κ3) is 2.57. The maximum Gasteiger partial charge on any atom is 0.244 e. The molecule has 0 bridgehead atoms.